The van der Waals surface area contributed by atoms with Gasteiger partial charge in [-0.15, -0.1) is 0 Å². The standard InChI is InChI=1S/C22H23N3O2/c1-4-12-25-20-11-10-17(27-3)13-18(20)19(14-23)21(25)15-6-8-16(9-7-15)22(26)24-5-2/h6-11,13H,4-5,12H2,1-3H3,(H,24,26). The van der Waals surface area contributed by atoms with Crippen LogP contribution in [0.2, 0.25) is 0 Å². The van der Waals surface area contributed by atoms with Crippen molar-refractivity contribution in [3.05, 3.63) is 53.6 Å². The smallest absolute Gasteiger partial charge is 0.251 e. The monoisotopic (exact) mass is 361 g/mol. The molecule has 5 heteroatoms. The summed E-state index contributed by atoms with van der Waals surface area (Å²) in [6, 6.07) is 15.6. The molecule has 5 nitrogen and oxygen atoms in total. The lowest BCUT2D eigenvalue weighted by molar-refractivity contribution is 0.0956. The summed E-state index contributed by atoms with van der Waals surface area (Å²) in [5, 5.41) is 13.5. The number of methoxy groups -OCH3 is 1. The lowest BCUT2D eigenvalue weighted by atomic mass is 10.0. The van der Waals surface area contributed by atoms with E-state index in [9.17, 15) is 10.1 Å². The van der Waals surface area contributed by atoms with Gasteiger partial charge in [-0.25, -0.2) is 0 Å². The molecule has 138 valence electrons. The second kappa shape index (κ2) is 7.96. The van der Waals surface area contributed by atoms with E-state index in [0.29, 0.717) is 17.7 Å². The van der Waals surface area contributed by atoms with E-state index in [2.05, 4.69) is 22.9 Å². The van der Waals surface area contributed by atoms with Gasteiger partial charge >= 0.3 is 0 Å². The molecule has 0 saturated heterocycles. The summed E-state index contributed by atoms with van der Waals surface area (Å²) in [5.74, 6) is 0.633. The highest BCUT2D eigenvalue weighted by Crippen LogP contribution is 2.35. The van der Waals surface area contributed by atoms with E-state index < -0.39 is 0 Å². The van der Waals surface area contributed by atoms with Crippen molar-refractivity contribution in [2.75, 3.05) is 13.7 Å². The van der Waals surface area contributed by atoms with Gasteiger partial charge in [0.1, 0.15) is 11.8 Å². The number of nitriles is 1. The first kappa shape index (κ1) is 18.5. The molecule has 3 aromatic rings. The molecular formula is C22H23N3O2. The molecule has 0 spiro atoms. The number of aryl methyl sites for hydroxylation is 1. The van der Waals surface area contributed by atoms with Gasteiger partial charge in [-0.1, -0.05) is 19.1 Å². The van der Waals surface area contributed by atoms with Crippen molar-refractivity contribution in [1.82, 2.24) is 9.88 Å². The second-order valence-electron chi connectivity index (χ2n) is 6.31. The third-order valence-corrected chi connectivity index (χ3v) is 4.59. The van der Waals surface area contributed by atoms with Crippen molar-refractivity contribution in [2.24, 2.45) is 0 Å². The first-order chi connectivity index (χ1) is 13.1. The van der Waals surface area contributed by atoms with Gasteiger partial charge in [-0.2, -0.15) is 5.26 Å². The number of hydrogen-bond acceptors (Lipinski definition) is 3. The second-order valence-corrected chi connectivity index (χ2v) is 6.31. The molecule has 1 amide bonds. The zero-order chi connectivity index (χ0) is 19.4. The predicted octanol–water partition coefficient (Wildman–Crippen LogP) is 4.35. The number of nitrogens with one attached hydrogen (secondary N) is 1. The van der Waals surface area contributed by atoms with Crippen molar-refractivity contribution < 1.29 is 9.53 Å². The molecule has 0 radical (unpaired) electrons. The van der Waals surface area contributed by atoms with Crippen LogP contribution in [0.15, 0.2) is 42.5 Å². The Hall–Kier alpha value is -3.26. The maximum Gasteiger partial charge on any atom is 0.251 e. The molecule has 0 unspecified atom stereocenters. The Morgan fingerprint density at radius 3 is 2.52 bits per heavy atom. The van der Waals surface area contributed by atoms with Gasteiger partial charge in [0, 0.05) is 24.0 Å². The summed E-state index contributed by atoms with van der Waals surface area (Å²) in [6.07, 6.45) is 0.949. The molecule has 0 saturated carbocycles. The lowest BCUT2D eigenvalue weighted by Crippen LogP contribution is -2.22. The van der Waals surface area contributed by atoms with Crippen molar-refractivity contribution in [3.63, 3.8) is 0 Å². The van der Waals surface area contributed by atoms with Gasteiger partial charge < -0.3 is 14.6 Å². The predicted molar refractivity (Wildman–Crippen MR) is 107 cm³/mol. The van der Waals surface area contributed by atoms with Crippen LogP contribution in [0, 0.1) is 11.3 Å². The zero-order valence-corrected chi connectivity index (χ0v) is 15.9. The number of hydrogen-bond donors (Lipinski definition) is 1. The quantitative estimate of drug-likeness (QED) is 0.710. The number of fused-ring (bicyclic) bond motifs is 1. The molecule has 0 aliphatic rings. The van der Waals surface area contributed by atoms with Crippen molar-refractivity contribution in [3.8, 4) is 23.1 Å². The summed E-state index contributed by atoms with van der Waals surface area (Å²) >= 11 is 0. The number of amides is 1. The zero-order valence-electron chi connectivity index (χ0n) is 15.9. The first-order valence-electron chi connectivity index (χ1n) is 9.13. The van der Waals surface area contributed by atoms with Crippen molar-refractivity contribution in [2.45, 2.75) is 26.8 Å². The highest BCUT2D eigenvalue weighted by atomic mass is 16.5. The third-order valence-electron chi connectivity index (χ3n) is 4.59. The Morgan fingerprint density at radius 1 is 1.19 bits per heavy atom. The van der Waals surface area contributed by atoms with Crippen LogP contribution in [0.3, 0.4) is 0 Å². The summed E-state index contributed by atoms with van der Waals surface area (Å²) in [5.41, 5.74) is 4.05. The fourth-order valence-corrected chi connectivity index (χ4v) is 3.37. The van der Waals surface area contributed by atoms with E-state index >= 15 is 0 Å². The van der Waals surface area contributed by atoms with Crippen LogP contribution in [-0.4, -0.2) is 24.1 Å². The van der Waals surface area contributed by atoms with Gasteiger partial charge in [0.2, 0.25) is 0 Å². The van der Waals surface area contributed by atoms with Crippen LogP contribution in [0.25, 0.3) is 22.2 Å². The van der Waals surface area contributed by atoms with Gasteiger partial charge in [0.05, 0.1) is 23.9 Å². The van der Waals surface area contributed by atoms with Gasteiger partial charge in [0.25, 0.3) is 5.91 Å². The van der Waals surface area contributed by atoms with Crippen molar-refractivity contribution >= 4 is 16.8 Å². The van der Waals surface area contributed by atoms with E-state index in [-0.39, 0.29) is 5.91 Å². The average Bonchev–Trinajstić information content (AvgIpc) is 3.01. The van der Waals surface area contributed by atoms with Gasteiger partial charge in [-0.3, -0.25) is 4.79 Å². The number of carbonyl (C=O) groups is 1. The lowest BCUT2D eigenvalue weighted by Gasteiger charge is -2.11. The molecule has 1 heterocycles. The Balaban J connectivity index is 2.19. The maximum atomic E-state index is 12.0. The molecule has 3 rings (SSSR count). The minimum absolute atomic E-state index is 0.0941. The summed E-state index contributed by atoms with van der Waals surface area (Å²) in [6.45, 7) is 5.40. The van der Waals surface area contributed by atoms with Gasteiger partial charge in [0.15, 0.2) is 0 Å². The molecule has 0 aliphatic carbocycles. The molecule has 0 bridgehead atoms. The molecule has 0 aliphatic heterocycles. The first-order valence-corrected chi connectivity index (χ1v) is 9.13. The topological polar surface area (TPSA) is 67.0 Å². The molecule has 27 heavy (non-hydrogen) atoms. The van der Waals surface area contributed by atoms with E-state index in [1.807, 2.05) is 37.3 Å². The van der Waals surface area contributed by atoms with Crippen LogP contribution in [-0.2, 0) is 6.54 Å². The molecular weight excluding hydrogens is 338 g/mol. The van der Waals surface area contributed by atoms with E-state index in [1.54, 1.807) is 19.2 Å². The molecule has 0 fully saturated rings. The van der Waals surface area contributed by atoms with Crippen LogP contribution in [0.4, 0.5) is 0 Å². The number of ether oxygens (including phenoxy) is 1. The average molecular weight is 361 g/mol. The fourth-order valence-electron chi connectivity index (χ4n) is 3.37. The number of benzene rings is 2. The van der Waals surface area contributed by atoms with Gasteiger partial charge in [-0.05, 0) is 49.2 Å². The summed E-state index contributed by atoms with van der Waals surface area (Å²) in [7, 11) is 1.62. The van der Waals surface area contributed by atoms with Crippen LogP contribution >= 0.6 is 0 Å². The van der Waals surface area contributed by atoms with E-state index in [1.165, 1.54) is 0 Å². The summed E-state index contributed by atoms with van der Waals surface area (Å²) < 4.78 is 7.51. The number of carbonyl (C=O) groups excluding carboxylic acids is 1. The molecule has 2 aromatic carbocycles. The molecule has 0 atom stereocenters. The van der Waals surface area contributed by atoms with Crippen LogP contribution in [0.5, 0.6) is 5.75 Å². The minimum Gasteiger partial charge on any atom is -0.497 e. The third kappa shape index (κ3) is 3.39. The van der Waals surface area contributed by atoms with Crippen LogP contribution in [0.1, 0.15) is 36.2 Å². The van der Waals surface area contributed by atoms with E-state index in [4.69, 9.17) is 4.74 Å². The Morgan fingerprint density at radius 2 is 1.93 bits per heavy atom. The Kier molecular flexibility index (Phi) is 5.46. The minimum atomic E-state index is -0.0941. The Bertz CT molecular complexity index is 1010. The van der Waals surface area contributed by atoms with Crippen LogP contribution < -0.4 is 10.1 Å². The Labute approximate surface area is 159 Å². The number of aromatic nitrogens is 1. The van der Waals surface area contributed by atoms with Crippen molar-refractivity contribution in [1.29, 1.82) is 5.26 Å². The van der Waals surface area contributed by atoms with E-state index in [0.717, 1.165) is 40.9 Å². The maximum absolute atomic E-state index is 12.0. The largest absolute Gasteiger partial charge is 0.497 e. The molecule has 1 N–H and O–H groups in total. The molecule has 1 aromatic heterocycles. The highest BCUT2D eigenvalue weighted by Gasteiger charge is 2.19. The fraction of sp³-hybridized carbons (Fsp3) is 0.273. The number of nitrogens with zero attached hydrogens (tertiary/aromatic N) is 2. The SMILES string of the molecule is CCCn1c(-c2ccc(C(=O)NCC)cc2)c(C#N)c2cc(OC)ccc21. The normalized spacial score (nSPS) is 10.6. The summed E-state index contributed by atoms with van der Waals surface area (Å²) in [4.78, 5) is 12.0. The number of rotatable bonds is 6. The highest BCUT2D eigenvalue weighted by molar-refractivity contribution is 5.97.